The summed E-state index contributed by atoms with van der Waals surface area (Å²) in [6, 6.07) is 7.65. The predicted octanol–water partition coefficient (Wildman–Crippen LogP) is 1.98. The van der Waals surface area contributed by atoms with Crippen molar-refractivity contribution >= 4 is 29.1 Å². The second kappa shape index (κ2) is 7.13. The van der Waals surface area contributed by atoms with Gasteiger partial charge in [-0.15, -0.1) is 0 Å². The van der Waals surface area contributed by atoms with E-state index >= 15 is 0 Å². The molecular formula is C15H16N4O. The summed E-state index contributed by atoms with van der Waals surface area (Å²) in [5.74, 6) is 0. The Bertz CT molecular complexity index is 649. The molecule has 5 heteroatoms. The average Bonchev–Trinajstić information content (AvgIpc) is 2.50. The number of rotatable bonds is 6. The zero-order valence-electron chi connectivity index (χ0n) is 11.1. The van der Waals surface area contributed by atoms with E-state index in [0.717, 1.165) is 23.7 Å². The van der Waals surface area contributed by atoms with Crippen LogP contribution in [0.25, 0.3) is 16.6 Å². The van der Waals surface area contributed by atoms with Crippen molar-refractivity contribution in [2.45, 2.75) is 12.8 Å². The highest BCUT2D eigenvalue weighted by atomic mass is 16.1. The number of allylic oxidation sites excluding steroid dienone is 1. The number of nitrogens with zero attached hydrogens (tertiary/aromatic N) is 3. The lowest BCUT2D eigenvalue weighted by molar-refractivity contribution is -0.107. The van der Waals surface area contributed by atoms with Crippen LogP contribution in [-0.2, 0) is 4.79 Å². The van der Waals surface area contributed by atoms with Crippen LogP contribution in [0, 0.1) is 0 Å². The van der Waals surface area contributed by atoms with E-state index in [2.05, 4.69) is 15.0 Å². The summed E-state index contributed by atoms with van der Waals surface area (Å²) in [7, 11) is 0. The number of nitrogens with two attached hydrogens (primary N) is 1. The van der Waals surface area contributed by atoms with Crippen molar-refractivity contribution in [3.05, 3.63) is 42.4 Å². The van der Waals surface area contributed by atoms with Gasteiger partial charge in [0.1, 0.15) is 6.29 Å². The number of aliphatic imine (C=N–C) groups is 1. The standard InChI is InChI=1S/C15H16N4O/c16-9-12(10-17-7-3-4-8-20)15-11-18-13-5-1-2-6-14(13)19-15/h1-2,5-6,8-11H,3-4,7,16H2. The highest BCUT2D eigenvalue weighted by Gasteiger charge is 2.02. The van der Waals surface area contributed by atoms with Crippen LogP contribution in [0.2, 0.25) is 0 Å². The fraction of sp³-hybridized carbons (Fsp3) is 0.200. The summed E-state index contributed by atoms with van der Waals surface area (Å²) >= 11 is 0. The first kappa shape index (κ1) is 13.9. The molecule has 1 aromatic heterocycles. The first-order valence-corrected chi connectivity index (χ1v) is 6.42. The molecule has 0 atom stereocenters. The Morgan fingerprint density at radius 2 is 2.10 bits per heavy atom. The van der Waals surface area contributed by atoms with E-state index in [0.29, 0.717) is 24.2 Å². The molecule has 102 valence electrons. The van der Waals surface area contributed by atoms with Crippen molar-refractivity contribution in [3.8, 4) is 0 Å². The van der Waals surface area contributed by atoms with Gasteiger partial charge in [0.05, 0.1) is 22.9 Å². The Morgan fingerprint density at radius 3 is 2.85 bits per heavy atom. The molecule has 2 aromatic rings. The van der Waals surface area contributed by atoms with Crippen LogP contribution >= 0.6 is 0 Å². The van der Waals surface area contributed by atoms with Crippen LogP contribution in [0.15, 0.2) is 41.7 Å². The zero-order valence-corrected chi connectivity index (χ0v) is 11.1. The lowest BCUT2D eigenvalue weighted by atomic mass is 10.2. The topological polar surface area (TPSA) is 81.2 Å². The number of carbonyl (C=O) groups excluding carboxylic acids is 1. The number of hydrogen-bond acceptors (Lipinski definition) is 5. The molecule has 0 amide bonds. The van der Waals surface area contributed by atoms with Crippen LogP contribution in [0.5, 0.6) is 0 Å². The number of aldehydes is 1. The molecule has 1 aromatic carbocycles. The maximum absolute atomic E-state index is 10.2. The molecule has 2 rings (SSSR count). The van der Waals surface area contributed by atoms with Gasteiger partial charge in [-0.1, -0.05) is 12.1 Å². The van der Waals surface area contributed by atoms with Crippen LogP contribution < -0.4 is 5.73 Å². The Labute approximate surface area is 117 Å². The van der Waals surface area contributed by atoms with Crippen molar-refractivity contribution in [1.82, 2.24) is 9.97 Å². The first-order chi connectivity index (χ1) is 9.85. The Morgan fingerprint density at radius 1 is 1.30 bits per heavy atom. The molecule has 1 heterocycles. The Hall–Kier alpha value is -2.56. The van der Waals surface area contributed by atoms with Gasteiger partial charge in [-0.3, -0.25) is 9.98 Å². The van der Waals surface area contributed by atoms with Gasteiger partial charge in [0, 0.05) is 31.0 Å². The molecule has 0 fully saturated rings. The van der Waals surface area contributed by atoms with Gasteiger partial charge in [-0.2, -0.15) is 0 Å². The number of carbonyl (C=O) groups is 1. The quantitative estimate of drug-likeness (QED) is 0.493. The molecule has 0 unspecified atom stereocenters. The molecule has 0 radical (unpaired) electrons. The van der Waals surface area contributed by atoms with Gasteiger partial charge < -0.3 is 10.5 Å². The molecule has 0 saturated carbocycles. The summed E-state index contributed by atoms with van der Waals surface area (Å²) in [6.45, 7) is 0.594. The Balaban J connectivity index is 2.15. The third kappa shape index (κ3) is 3.47. The third-order valence-corrected chi connectivity index (χ3v) is 2.76. The smallest absolute Gasteiger partial charge is 0.120 e. The monoisotopic (exact) mass is 268 g/mol. The molecule has 0 bridgehead atoms. The summed E-state index contributed by atoms with van der Waals surface area (Å²) in [4.78, 5) is 23.3. The highest BCUT2D eigenvalue weighted by Crippen LogP contribution is 2.13. The number of para-hydroxylation sites is 2. The van der Waals surface area contributed by atoms with E-state index in [1.807, 2.05) is 24.3 Å². The summed E-state index contributed by atoms with van der Waals surface area (Å²) in [6.07, 6.45) is 6.96. The summed E-state index contributed by atoms with van der Waals surface area (Å²) in [5, 5.41) is 0. The second-order valence-corrected chi connectivity index (χ2v) is 4.21. The second-order valence-electron chi connectivity index (χ2n) is 4.21. The van der Waals surface area contributed by atoms with Gasteiger partial charge >= 0.3 is 0 Å². The fourth-order valence-corrected chi connectivity index (χ4v) is 1.72. The minimum absolute atomic E-state index is 0.523. The molecule has 2 N–H and O–H groups in total. The number of unbranched alkanes of at least 4 members (excludes halogenated alkanes) is 1. The van der Waals surface area contributed by atoms with E-state index in [1.165, 1.54) is 6.20 Å². The van der Waals surface area contributed by atoms with Crippen molar-refractivity contribution in [3.63, 3.8) is 0 Å². The van der Waals surface area contributed by atoms with Crippen molar-refractivity contribution in [2.75, 3.05) is 6.54 Å². The third-order valence-electron chi connectivity index (χ3n) is 2.76. The van der Waals surface area contributed by atoms with Gasteiger partial charge in [0.15, 0.2) is 0 Å². The molecule has 0 aliphatic heterocycles. The van der Waals surface area contributed by atoms with E-state index < -0.39 is 0 Å². The summed E-state index contributed by atoms with van der Waals surface area (Å²) in [5.41, 5.74) is 8.68. The largest absolute Gasteiger partial charge is 0.404 e. The molecule has 0 aliphatic rings. The first-order valence-electron chi connectivity index (χ1n) is 6.42. The molecule has 0 aliphatic carbocycles. The average molecular weight is 268 g/mol. The van der Waals surface area contributed by atoms with Crippen LogP contribution in [0.3, 0.4) is 0 Å². The maximum atomic E-state index is 10.2. The maximum Gasteiger partial charge on any atom is 0.120 e. The predicted molar refractivity (Wildman–Crippen MR) is 80.4 cm³/mol. The molecule has 20 heavy (non-hydrogen) atoms. The molecular weight excluding hydrogens is 252 g/mol. The number of hydrogen-bond donors (Lipinski definition) is 1. The highest BCUT2D eigenvalue weighted by molar-refractivity contribution is 6.09. The number of fused-ring (bicyclic) bond motifs is 1. The lowest BCUT2D eigenvalue weighted by Gasteiger charge is -2.02. The molecule has 5 nitrogen and oxygen atoms in total. The van der Waals surface area contributed by atoms with Gasteiger partial charge in [-0.25, -0.2) is 4.98 Å². The van der Waals surface area contributed by atoms with E-state index in [1.54, 1.807) is 12.4 Å². The minimum Gasteiger partial charge on any atom is -0.404 e. The van der Waals surface area contributed by atoms with Gasteiger partial charge in [0.25, 0.3) is 0 Å². The van der Waals surface area contributed by atoms with Crippen LogP contribution in [0.4, 0.5) is 0 Å². The zero-order chi connectivity index (χ0) is 14.2. The molecule has 0 spiro atoms. The van der Waals surface area contributed by atoms with Gasteiger partial charge in [-0.05, 0) is 18.6 Å². The Kier molecular flexibility index (Phi) is 4.94. The van der Waals surface area contributed by atoms with E-state index in [9.17, 15) is 4.79 Å². The SMILES string of the molecule is NC=C(C=NCCCC=O)c1cnc2ccccc2n1. The number of benzene rings is 1. The van der Waals surface area contributed by atoms with Gasteiger partial charge in [0.2, 0.25) is 0 Å². The van der Waals surface area contributed by atoms with Crippen LogP contribution in [-0.4, -0.2) is 29.0 Å². The molecule has 0 saturated heterocycles. The lowest BCUT2D eigenvalue weighted by Crippen LogP contribution is -1.97. The fourth-order valence-electron chi connectivity index (χ4n) is 1.72. The van der Waals surface area contributed by atoms with Crippen molar-refractivity contribution in [2.24, 2.45) is 10.7 Å². The summed E-state index contributed by atoms with van der Waals surface area (Å²) < 4.78 is 0. The van der Waals surface area contributed by atoms with Crippen molar-refractivity contribution in [1.29, 1.82) is 0 Å². The minimum atomic E-state index is 0.523. The van der Waals surface area contributed by atoms with Crippen molar-refractivity contribution < 1.29 is 4.79 Å². The van der Waals surface area contributed by atoms with E-state index in [-0.39, 0.29) is 0 Å². The number of aromatic nitrogens is 2. The van der Waals surface area contributed by atoms with Crippen LogP contribution in [0.1, 0.15) is 18.5 Å². The van der Waals surface area contributed by atoms with E-state index in [4.69, 9.17) is 5.73 Å². The normalized spacial score (nSPS) is 12.1.